The van der Waals surface area contributed by atoms with Gasteiger partial charge in [0.1, 0.15) is 11.6 Å². The Morgan fingerprint density at radius 2 is 1.55 bits per heavy atom. The molecule has 4 rings (SSSR count). The summed E-state index contributed by atoms with van der Waals surface area (Å²) >= 11 is 5.45. The maximum atomic E-state index is 7.12. The lowest BCUT2D eigenvalue weighted by Crippen LogP contribution is -2.66. The van der Waals surface area contributed by atoms with Crippen LogP contribution >= 0.6 is 12.2 Å². The van der Waals surface area contributed by atoms with Crippen molar-refractivity contribution in [2.24, 2.45) is 0 Å². The van der Waals surface area contributed by atoms with Crippen molar-refractivity contribution in [3.8, 4) is 0 Å². The summed E-state index contributed by atoms with van der Waals surface area (Å²) in [7, 11) is -2.64. The van der Waals surface area contributed by atoms with Gasteiger partial charge in [0, 0.05) is 11.9 Å². The van der Waals surface area contributed by atoms with E-state index < -0.39 is 8.32 Å². The molecule has 0 fully saturated rings. The van der Waals surface area contributed by atoms with Crippen LogP contribution in [0.15, 0.2) is 91.1 Å². The average molecular weight is 542 g/mol. The van der Waals surface area contributed by atoms with Gasteiger partial charge < -0.3 is 14.5 Å². The average Bonchev–Trinajstić information content (AvgIpc) is 2.90. The highest BCUT2D eigenvalue weighted by Gasteiger charge is 2.50. The fourth-order valence-electron chi connectivity index (χ4n) is 4.75. The summed E-state index contributed by atoms with van der Waals surface area (Å²) in [6, 6.07) is 29.6. The maximum absolute atomic E-state index is 7.12. The topological polar surface area (TPSA) is 56.3 Å². The lowest BCUT2D eigenvalue weighted by Gasteiger charge is -2.43. The van der Waals surface area contributed by atoms with Crippen molar-refractivity contribution in [3.05, 3.63) is 108 Å². The van der Waals surface area contributed by atoms with Crippen molar-refractivity contribution >= 4 is 47.5 Å². The zero-order valence-electron chi connectivity index (χ0n) is 22.7. The van der Waals surface area contributed by atoms with Crippen LogP contribution in [-0.4, -0.2) is 29.9 Å². The molecule has 4 aromatic rings. The summed E-state index contributed by atoms with van der Waals surface area (Å²) in [4.78, 5) is 8.89. The van der Waals surface area contributed by atoms with Crippen LogP contribution in [0.2, 0.25) is 5.04 Å². The third kappa shape index (κ3) is 6.01. The van der Waals surface area contributed by atoms with Crippen molar-refractivity contribution in [3.63, 3.8) is 0 Å². The fraction of sp³-hybridized carbons (Fsp3) is 0.258. The molecular weight excluding hydrogens is 507 g/mol. The van der Waals surface area contributed by atoms with E-state index in [4.69, 9.17) is 21.4 Å². The predicted octanol–water partition coefficient (Wildman–Crippen LogP) is 6.32. The molecule has 0 aliphatic heterocycles. The fourth-order valence-corrected chi connectivity index (χ4v) is 9.56. The number of hydrogen-bond donors (Lipinski definition) is 1. The van der Waals surface area contributed by atoms with Crippen LogP contribution in [0.25, 0.3) is 0 Å². The molecule has 0 atom stereocenters. The number of aromatic nitrogens is 2. The normalized spacial score (nSPS) is 11.7. The van der Waals surface area contributed by atoms with Gasteiger partial charge >= 0.3 is 0 Å². The van der Waals surface area contributed by atoms with E-state index in [-0.39, 0.29) is 5.04 Å². The first-order valence-corrected chi connectivity index (χ1v) is 15.2. The van der Waals surface area contributed by atoms with E-state index in [2.05, 4.69) is 109 Å². The molecule has 5 nitrogen and oxygen atoms in total. The van der Waals surface area contributed by atoms with Gasteiger partial charge in [-0.1, -0.05) is 93.6 Å². The zero-order valence-corrected chi connectivity index (χ0v) is 24.5. The van der Waals surface area contributed by atoms with Gasteiger partial charge in [-0.3, -0.25) is 0 Å². The minimum Gasteiger partial charge on any atom is -0.483 e. The quantitative estimate of drug-likeness (QED) is 0.198. The van der Waals surface area contributed by atoms with E-state index in [1.165, 1.54) is 10.4 Å². The molecule has 0 amide bonds. The van der Waals surface area contributed by atoms with Crippen LogP contribution in [0.4, 0.5) is 11.5 Å². The monoisotopic (exact) mass is 541 g/mol. The third-order valence-corrected chi connectivity index (χ3v) is 11.8. The number of benzene rings is 3. The van der Waals surface area contributed by atoms with Gasteiger partial charge in [0.05, 0.1) is 18.8 Å². The van der Waals surface area contributed by atoms with Gasteiger partial charge in [-0.05, 0) is 59.2 Å². The first-order chi connectivity index (χ1) is 18.2. The molecule has 0 aliphatic rings. The zero-order chi connectivity index (χ0) is 27.2. The second-order valence-corrected chi connectivity index (χ2v) is 14.9. The summed E-state index contributed by atoms with van der Waals surface area (Å²) in [5.41, 5.74) is 2.64. The Labute approximate surface area is 232 Å². The number of aryl methyl sites for hydroxylation is 1. The van der Waals surface area contributed by atoms with Crippen LogP contribution in [0.1, 0.15) is 44.6 Å². The smallest absolute Gasteiger partial charge is 0.261 e. The summed E-state index contributed by atoms with van der Waals surface area (Å²) in [6.45, 7) is 11.6. The van der Waals surface area contributed by atoms with Gasteiger partial charge in [-0.2, -0.15) is 0 Å². The molecule has 0 radical (unpaired) electrons. The Hall–Kier alpha value is -3.39. The highest BCUT2D eigenvalue weighted by atomic mass is 32.1. The number of thiocarbonyl (C=S) groups is 1. The molecule has 0 unspecified atom stereocenters. The number of ether oxygens (including phenoxy) is 1. The van der Waals surface area contributed by atoms with Crippen molar-refractivity contribution in [2.75, 3.05) is 11.9 Å². The standard InChI is InChI=1S/C31H35N3O2SSi/c1-6-35-30(37)28-21-32-23(2)33-29(28)34-25-15-13-14-24(20-25)22-36-38(31(3,4)5,26-16-9-7-10-17-26)27-18-11-8-12-19-27/h7-21H,6,22H2,1-5H3,(H,32,33,34). The van der Waals surface area contributed by atoms with E-state index in [9.17, 15) is 0 Å². The van der Waals surface area contributed by atoms with Gasteiger partial charge in [-0.25, -0.2) is 9.97 Å². The molecule has 3 aromatic carbocycles. The van der Waals surface area contributed by atoms with Gasteiger partial charge in [0.2, 0.25) is 0 Å². The third-order valence-electron chi connectivity index (χ3n) is 6.47. The Kier molecular flexibility index (Phi) is 8.71. The minimum atomic E-state index is -2.64. The summed E-state index contributed by atoms with van der Waals surface area (Å²) in [6.07, 6.45) is 1.71. The Morgan fingerprint density at radius 3 is 2.13 bits per heavy atom. The van der Waals surface area contributed by atoms with Crippen LogP contribution in [0.5, 0.6) is 0 Å². The van der Waals surface area contributed by atoms with E-state index in [0.29, 0.717) is 35.5 Å². The summed E-state index contributed by atoms with van der Waals surface area (Å²) in [5, 5.41) is 6.23. The molecule has 1 N–H and O–H groups in total. The highest BCUT2D eigenvalue weighted by Crippen LogP contribution is 2.37. The minimum absolute atomic E-state index is 0.0894. The molecule has 0 saturated heterocycles. The first kappa shape index (κ1) is 27.6. The van der Waals surface area contributed by atoms with Gasteiger partial charge in [0.15, 0.2) is 5.05 Å². The molecule has 196 valence electrons. The molecule has 0 spiro atoms. The molecule has 38 heavy (non-hydrogen) atoms. The number of nitrogens with one attached hydrogen (secondary N) is 1. The lowest BCUT2D eigenvalue weighted by atomic mass is 10.2. The maximum Gasteiger partial charge on any atom is 0.261 e. The molecule has 7 heteroatoms. The van der Waals surface area contributed by atoms with Gasteiger partial charge in [0.25, 0.3) is 8.32 Å². The Bertz CT molecular complexity index is 1340. The SMILES string of the molecule is CCOC(=S)c1cnc(C)nc1Nc1cccc(CO[Si](c2ccccc2)(c2ccccc2)C(C)(C)C)c1. The molecule has 0 bridgehead atoms. The molecule has 0 saturated carbocycles. The van der Waals surface area contributed by atoms with E-state index in [1.54, 1.807) is 6.20 Å². The van der Waals surface area contributed by atoms with Crippen LogP contribution in [-0.2, 0) is 15.8 Å². The number of rotatable bonds is 9. The molecule has 1 aromatic heterocycles. The van der Waals surface area contributed by atoms with Crippen molar-refractivity contribution in [1.29, 1.82) is 0 Å². The van der Waals surface area contributed by atoms with Crippen molar-refractivity contribution in [2.45, 2.75) is 46.3 Å². The van der Waals surface area contributed by atoms with Crippen LogP contribution in [0.3, 0.4) is 0 Å². The second kappa shape index (κ2) is 12.0. The first-order valence-electron chi connectivity index (χ1n) is 12.9. The van der Waals surface area contributed by atoms with Crippen molar-refractivity contribution < 1.29 is 9.16 Å². The lowest BCUT2D eigenvalue weighted by molar-refractivity contribution is 0.286. The number of anilines is 2. The van der Waals surface area contributed by atoms with Crippen molar-refractivity contribution in [1.82, 2.24) is 9.97 Å². The largest absolute Gasteiger partial charge is 0.483 e. The second-order valence-electron chi connectivity index (χ2n) is 10.2. The Morgan fingerprint density at radius 1 is 0.921 bits per heavy atom. The van der Waals surface area contributed by atoms with Gasteiger partial charge in [-0.15, -0.1) is 0 Å². The number of nitrogens with zero attached hydrogens (tertiary/aromatic N) is 2. The molecule has 0 aliphatic carbocycles. The van der Waals surface area contributed by atoms with E-state index >= 15 is 0 Å². The summed E-state index contributed by atoms with van der Waals surface area (Å²) in [5.74, 6) is 1.28. The Balaban J connectivity index is 1.66. The molecule has 1 heterocycles. The van der Waals surface area contributed by atoms with E-state index in [1.807, 2.05) is 26.0 Å². The highest BCUT2D eigenvalue weighted by molar-refractivity contribution is 7.80. The van der Waals surface area contributed by atoms with Crippen LogP contribution in [0, 0.1) is 6.92 Å². The molecular formula is C31H35N3O2SSi. The summed E-state index contributed by atoms with van der Waals surface area (Å²) < 4.78 is 12.7. The van der Waals surface area contributed by atoms with E-state index in [0.717, 1.165) is 11.3 Å². The predicted molar refractivity (Wildman–Crippen MR) is 162 cm³/mol. The number of hydrogen-bond acceptors (Lipinski definition) is 6. The van der Waals surface area contributed by atoms with Crippen LogP contribution < -0.4 is 15.7 Å².